The molecule has 41 heavy (non-hydrogen) atoms. The number of anilines is 1. The molecule has 0 aliphatic carbocycles. The van der Waals surface area contributed by atoms with Gasteiger partial charge in [-0.2, -0.15) is 13.2 Å². The van der Waals surface area contributed by atoms with Crippen molar-refractivity contribution in [2.75, 3.05) is 45.4 Å². The minimum absolute atomic E-state index is 0.0589. The number of carbonyl (C=O) groups excluding carboxylic acids is 1. The van der Waals surface area contributed by atoms with E-state index in [-0.39, 0.29) is 34.1 Å². The van der Waals surface area contributed by atoms with E-state index in [1.54, 1.807) is 0 Å². The fraction of sp³-hybridized carbons (Fsp3) is 0.429. The van der Waals surface area contributed by atoms with Crippen LogP contribution in [0.4, 0.5) is 18.9 Å². The lowest BCUT2D eigenvalue weighted by Crippen LogP contribution is -2.35. The maximum Gasteiger partial charge on any atom is 0.406 e. The van der Waals surface area contributed by atoms with E-state index in [4.69, 9.17) is 4.74 Å². The average molecular weight is 592 g/mol. The van der Waals surface area contributed by atoms with Gasteiger partial charge in [0.25, 0.3) is 5.91 Å². The fourth-order valence-corrected chi connectivity index (χ4v) is 5.36. The molecule has 0 radical (unpaired) electrons. The molecule has 1 saturated heterocycles. The monoisotopic (exact) mass is 591 g/mol. The van der Waals surface area contributed by atoms with Gasteiger partial charge in [-0.15, -0.1) is 0 Å². The number of alkyl halides is 3. The molecule has 2 N–H and O–H groups in total. The van der Waals surface area contributed by atoms with Crippen LogP contribution in [0.2, 0.25) is 0 Å². The van der Waals surface area contributed by atoms with Gasteiger partial charge in [-0.1, -0.05) is 11.8 Å². The highest BCUT2D eigenvalue weighted by atomic mass is 32.2. The molecule has 0 unspecified atom stereocenters. The second-order valence-corrected chi connectivity index (χ2v) is 12.1. The van der Waals surface area contributed by atoms with Crippen LogP contribution in [0.1, 0.15) is 35.2 Å². The number of nitrogens with zero attached hydrogens (tertiary/aromatic N) is 3. The normalized spacial score (nSPS) is 16.5. The van der Waals surface area contributed by atoms with Gasteiger partial charge in [0, 0.05) is 17.9 Å². The second-order valence-electron chi connectivity index (χ2n) is 10.1. The van der Waals surface area contributed by atoms with Crippen molar-refractivity contribution < 1.29 is 31.1 Å². The first kappa shape index (κ1) is 30.2. The highest BCUT2D eigenvalue weighted by Crippen LogP contribution is 2.28. The number of amides is 1. The number of aromatic nitrogens is 2. The average Bonchev–Trinajstić information content (AvgIpc) is 3.17. The first-order valence-electron chi connectivity index (χ1n) is 13.0. The lowest BCUT2D eigenvalue weighted by atomic mass is 10.1. The van der Waals surface area contributed by atoms with Crippen LogP contribution in [-0.4, -0.2) is 81.0 Å². The number of benzene rings is 2. The van der Waals surface area contributed by atoms with E-state index in [9.17, 15) is 26.4 Å². The van der Waals surface area contributed by atoms with Crippen LogP contribution in [0, 0.1) is 11.8 Å². The second kappa shape index (κ2) is 12.4. The fourth-order valence-electron chi connectivity index (χ4n) is 4.72. The molecule has 1 fully saturated rings. The summed E-state index contributed by atoms with van der Waals surface area (Å²) >= 11 is 0. The number of likely N-dealkylation sites (tertiary alicyclic amines) is 1. The molecular weight excluding hydrogens is 559 g/mol. The summed E-state index contributed by atoms with van der Waals surface area (Å²) in [5.41, 5.74) is 1.23. The van der Waals surface area contributed by atoms with Crippen molar-refractivity contribution in [2.24, 2.45) is 0 Å². The Kier molecular flexibility index (Phi) is 9.14. The molecule has 2 heterocycles. The molecule has 0 spiro atoms. The number of nitrogens with one attached hydrogen (secondary N) is 2. The summed E-state index contributed by atoms with van der Waals surface area (Å²) in [6, 6.07) is 7.35. The Morgan fingerprint density at radius 2 is 1.98 bits per heavy atom. The predicted molar refractivity (Wildman–Crippen MR) is 150 cm³/mol. The Bertz CT molecular complexity index is 1590. The van der Waals surface area contributed by atoms with Gasteiger partial charge in [-0.05, 0) is 69.7 Å². The van der Waals surface area contributed by atoms with Crippen LogP contribution in [0.3, 0.4) is 0 Å². The van der Waals surface area contributed by atoms with Gasteiger partial charge in [-0.3, -0.25) is 4.79 Å². The topological polar surface area (TPSA) is 106 Å². The van der Waals surface area contributed by atoms with Crippen molar-refractivity contribution in [3.8, 4) is 17.6 Å². The van der Waals surface area contributed by atoms with E-state index >= 15 is 0 Å². The van der Waals surface area contributed by atoms with Gasteiger partial charge < -0.3 is 24.8 Å². The summed E-state index contributed by atoms with van der Waals surface area (Å²) in [6.45, 7) is 0.577. The number of hydrogen-bond donors (Lipinski definition) is 2. The Morgan fingerprint density at radius 1 is 1.20 bits per heavy atom. The van der Waals surface area contributed by atoms with Crippen LogP contribution >= 0.6 is 0 Å². The quantitative estimate of drug-likeness (QED) is 0.404. The van der Waals surface area contributed by atoms with E-state index in [2.05, 4.69) is 32.4 Å². The maximum absolute atomic E-state index is 13.3. The minimum atomic E-state index is -4.48. The maximum atomic E-state index is 13.3. The first-order chi connectivity index (χ1) is 19.3. The molecule has 2 aromatic carbocycles. The van der Waals surface area contributed by atoms with Gasteiger partial charge >= 0.3 is 6.18 Å². The van der Waals surface area contributed by atoms with Crippen molar-refractivity contribution >= 4 is 32.5 Å². The standard InChI is InChI=1S/C28H32F3N5O4S/c1-35-12-5-7-20(10-13-35)34-27(37)22-14-19(15-24-26(22)33-18-36(24)17-28(29,30)31)6-4-11-32-23-16-21(41(3,38)39)8-9-25(23)40-2/h8-9,14-16,18,20,32H,5,7,10-13,17H2,1-3H3,(H,34,37)/t20-/m0/s1. The van der Waals surface area contributed by atoms with Crippen molar-refractivity contribution in [1.29, 1.82) is 0 Å². The summed E-state index contributed by atoms with van der Waals surface area (Å²) in [5, 5.41) is 6.04. The molecule has 13 heteroatoms. The number of sulfone groups is 1. The van der Waals surface area contributed by atoms with Crippen molar-refractivity contribution in [1.82, 2.24) is 19.8 Å². The molecule has 9 nitrogen and oxygen atoms in total. The molecule has 1 aromatic heterocycles. The van der Waals surface area contributed by atoms with E-state index in [0.29, 0.717) is 17.0 Å². The van der Waals surface area contributed by atoms with E-state index in [0.717, 1.165) is 49.5 Å². The van der Waals surface area contributed by atoms with E-state index in [1.165, 1.54) is 37.4 Å². The molecule has 0 saturated carbocycles. The zero-order chi connectivity index (χ0) is 29.8. The molecule has 1 amide bonds. The van der Waals surface area contributed by atoms with Crippen LogP contribution in [0.15, 0.2) is 41.6 Å². The summed E-state index contributed by atoms with van der Waals surface area (Å²) < 4.78 is 69.8. The Morgan fingerprint density at radius 3 is 2.68 bits per heavy atom. The van der Waals surface area contributed by atoms with Crippen molar-refractivity contribution in [2.45, 2.75) is 42.9 Å². The highest BCUT2D eigenvalue weighted by molar-refractivity contribution is 7.90. The highest BCUT2D eigenvalue weighted by Gasteiger charge is 2.29. The number of fused-ring (bicyclic) bond motifs is 1. The number of hydrogen-bond acceptors (Lipinski definition) is 7. The van der Waals surface area contributed by atoms with Gasteiger partial charge in [0.15, 0.2) is 9.84 Å². The summed E-state index contributed by atoms with van der Waals surface area (Å²) in [7, 11) is 0.0292. The number of halogens is 3. The third kappa shape index (κ3) is 7.92. The summed E-state index contributed by atoms with van der Waals surface area (Å²) in [6.07, 6.45) is 0.191. The van der Waals surface area contributed by atoms with E-state index < -0.39 is 28.5 Å². The molecular formula is C28H32F3N5O4S. The number of imidazole rings is 1. The molecule has 1 aliphatic rings. The van der Waals surface area contributed by atoms with Crippen LogP contribution in [0.5, 0.6) is 5.75 Å². The number of rotatable bonds is 7. The molecule has 3 aromatic rings. The third-order valence-corrected chi connectivity index (χ3v) is 7.92. The van der Waals surface area contributed by atoms with Crippen molar-refractivity contribution in [3.05, 3.63) is 47.8 Å². The SMILES string of the molecule is COc1ccc(S(C)(=O)=O)cc1NCC#Cc1cc(C(=O)N[C@H]2CCCN(C)CC2)c2ncn(CC(F)(F)F)c2c1. The predicted octanol–water partition coefficient (Wildman–Crippen LogP) is 3.69. The Balaban J connectivity index is 1.62. The third-order valence-electron chi connectivity index (χ3n) is 6.81. The smallest absolute Gasteiger partial charge is 0.406 e. The van der Waals surface area contributed by atoms with E-state index in [1.807, 2.05) is 7.05 Å². The number of methoxy groups -OCH3 is 1. The molecule has 0 bridgehead atoms. The Hall–Kier alpha value is -3.76. The first-order valence-corrected chi connectivity index (χ1v) is 14.9. The largest absolute Gasteiger partial charge is 0.495 e. The van der Waals surface area contributed by atoms with Gasteiger partial charge in [-0.25, -0.2) is 13.4 Å². The van der Waals surface area contributed by atoms with Gasteiger partial charge in [0.05, 0.1) is 41.6 Å². The summed E-state index contributed by atoms with van der Waals surface area (Å²) in [5.74, 6) is 5.80. The molecule has 4 rings (SSSR count). The van der Waals surface area contributed by atoms with Crippen molar-refractivity contribution in [3.63, 3.8) is 0 Å². The lowest BCUT2D eigenvalue weighted by molar-refractivity contribution is -0.139. The molecule has 1 atom stereocenters. The zero-order valence-electron chi connectivity index (χ0n) is 23.0. The van der Waals surface area contributed by atoms with Crippen LogP contribution < -0.4 is 15.4 Å². The number of carbonyl (C=O) groups is 1. The molecule has 1 aliphatic heterocycles. The van der Waals surface area contributed by atoms with Gasteiger partial charge in [0.2, 0.25) is 0 Å². The van der Waals surface area contributed by atoms with Gasteiger partial charge in [0.1, 0.15) is 17.8 Å². The summed E-state index contributed by atoms with van der Waals surface area (Å²) in [4.78, 5) is 19.8. The van der Waals surface area contributed by atoms with Crippen LogP contribution in [-0.2, 0) is 16.4 Å². The minimum Gasteiger partial charge on any atom is -0.495 e. The molecule has 220 valence electrons. The zero-order valence-corrected chi connectivity index (χ0v) is 23.8. The number of ether oxygens (including phenoxy) is 1. The lowest BCUT2D eigenvalue weighted by Gasteiger charge is -2.17. The van der Waals surface area contributed by atoms with Crippen LogP contribution in [0.25, 0.3) is 11.0 Å². The Labute approximate surface area is 237 Å².